The van der Waals surface area contributed by atoms with E-state index in [2.05, 4.69) is 25.9 Å². The number of aromatic nitrogens is 2. The van der Waals surface area contributed by atoms with Crippen LogP contribution in [0.3, 0.4) is 0 Å². The van der Waals surface area contributed by atoms with Crippen LogP contribution in [0.15, 0.2) is 10.7 Å². The summed E-state index contributed by atoms with van der Waals surface area (Å²) in [6, 6.07) is -1.84. The summed E-state index contributed by atoms with van der Waals surface area (Å²) in [6.45, 7) is -0.578. The molecule has 1 N–H and O–H groups in total. The topological polar surface area (TPSA) is 49.2 Å². The van der Waals surface area contributed by atoms with Gasteiger partial charge in [0, 0.05) is 19.9 Å². The van der Waals surface area contributed by atoms with E-state index < -0.39 is 25.2 Å². The van der Waals surface area contributed by atoms with Gasteiger partial charge in [-0.3, -0.25) is 0 Å². The number of alkyl halides is 3. The van der Waals surface area contributed by atoms with Crippen LogP contribution < -0.4 is 4.90 Å². The van der Waals surface area contributed by atoms with E-state index in [-0.39, 0.29) is 11.1 Å². The van der Waals surface area contributed by atoms with Gasteiger partial charge in [0.25, 0.3) is 0 Å². The van der Waals surface area contributed by atoms with Crippen molar-refractivity contribution in [2.45, 2.75) is 18.6 Å². The van der Waals surface area contributed by atoms with Gasteiger partial charge in [-0.15, -0.1) is 0 Å². The first-order valence-corrected chi connectivity index (χ1v) is 6.03. The Kier molecular flexibility index (Phi) is 5.18. The second kappa shape index (κ2) is 6.03. The molecule has 1 unspecified atom stereocenters. The van der Waals surface area contributed by atoms with Gasteiger partial charge in [-0.05, 0) is 34.0 Å². The standard InChI is InChI=1S/C9H10BrClF3N3O/c1-17(6(2-3-18)9(12,13)14)7-5(10)4-15-8(11)16-7/h4,6,18H,2-3H2,1H3. The normalized spacial score (nSPS) is 13.5. The van der Waals surface area contributed by atoms with Crippen LogP contribution >= 0.6 is 27.5 Å². The van der Waals surface area contributed by atoms with E-state index in [0.717, 1.165) is 4.90 Å². The molecule has 0 saturated carbocycles. The minimum atomic E-state index is -4.48. The molecule has 0 amide bonds. The number of nitrogens with zero attached hydrogens (tertiary/aromatic N) is 3. The number of rotatable bonds is 4. The van der Waals surface area contributed by atoms with Gasteiger partial charge < -0.3 is 10.0 Å². The summed E-state index contributed by atoms with van der Waals surface area (Å²) in [7, 11) is 1.23. The van der Waals surface area contributed by atoms with E-state index in [9.17, 15) is 13.2 Å². The maximum Gasteiger partial charge on any atom is 0.408 e. The lowest BCUT2D eigenvalue weighted by Crippen LogP contribution is -2.44. The fourth-order valence-electron chi connectivity index (χ4n) is 1.43. The van der Waals surface area contributed by atoms with Crippen molar-refractivity contribution in [1.82, 2.24) is 9.97 Å². The van der Waals surface area contributed by atoms with Crippen LogP contribution in [0.4, 0.5) is 19.0 Å². The second-order valence-corrected chi connectivity index (χ2v) is 4.68. The molecule has 4 nitrogen and oxygen atoms in total. The van der Waals surface area contributed by atoms with Crippen LogP contribution in [-0.4, -0.2) is 40.9 Å². The average Bonchev–Trinajstić information content (AvgIpc) is 2.27. The largest absolute Gasteiger partial charge is 0.408 e. The molecule has 1 heterocycles. The smallest absolute Gasteiger partial charge is 0.396 e. The summed E-state index contributed by atoms with van der Waals surface area (Å²) in [5.74, 6) is 0.0192. The lowest BCUT2D eigenvalue weighted by atomic mass is 10.2. The minimum Gasteiger partial charge on any atom is -0.396 e. The third-order valence-electron chi connectivity index (χ3n) is 2.28. The molecule has 0 aliphatic heterocycles. The molecule has 0 aromatic carbocycles. The molecule has 0 bridgehead atoms. The molecule has 1 atom stereocenters. The van der Waals surface area contributed by atoms with Gasteiger partial charge in [-0.1, -0.05) is 0 Å². The lowest BCUT2D eigenvalue weighted by Gasteiger charge is -2.30. The van der Waals surface area contributed by atoms with E-state index in [4.69, 9.17) is 16.7 Å². The first-order chi connectivity index (χ1) is 8.27. The van der Waals surface area contributed by atoms with E-state index in [0.29, 0.717) is 4.47 Å². The molecule has 18 heavy (non-hydrogen) atoms. The van der Waals surface area contributed by atoms with Gasteiger partial charge >= 0.3 is 6.18 Å². The van der Waals surface area contributed by atoms with Gasteiger partial charge in [0.15, 0.2) is 0 Å². The molecule has 102 valence electrons. The summed E-state index contributed by atoms with van der Waals surface area (Å²) in [5.41, 5.74) is 0. The third kappa shape index (κ3) is 3.69. The number of anilines is 1. The first kappa shape index (κ1) is 15.5. The van der Waals surface area contributed by atoms with Crippen LogP contribution in [-0.2, 0) is 0 Å². The Morgan fingerprint density at radius 2 is 2.17 bits per heavy atom. The van der Waals surface area contributed by atoms with Crippen molar-refractivity contribution in [3.63, 3.8) is 0 Å². The lowest BCUT2D eigenvalue weighted by molar-refractivity contribution is -0.151. The molecule has 1 aromatic rings. The van der Waals surface area contributed by atoms with Crippen molar-refractivity contribution in [3.05, 3.63) is 16.0 Å². The zero-order chi connectivity index (χ0) is 13.9. The van der Waals surface area contributed by atoms with E-state index in [1.807, 2.05) is 0 Å². The maximum absolute atomic E-state index is 12.8. The highest BCUT2D eigenvalue weighted by atomic mass is 79.9. The quantitative estimate of drug-likeness (QED) is 0.850. The Hall–Kier alpha value is -0.600. The van der Waals surface area contributed by atoms with Crippen LogP contribution in [0.5, 0.6) is 0 Å². The first-order valence-electron chi connectivity index (χ1n) is 4.85. The third-order valence-corrected chi connectivity index (χ3v) is 3.02. The maximum atomic E-state index is 12.8. The number of aliphatic hydroxyl groups is 1. The molecule has 0 aliphatic carbocycles. The molecule has 0 fully saturated rings. The van der Waals surface area contributed by atoms with E-state index >= 15 is 0 Å². The van der Waals surface area contributed by atoms with Crippen LogP contribution in [0, 0.1) is 0 Å². The fraction of sp³-hybridized carbons (Fsp3) is 0.556. The fourth-order valence-corrected chi connectivity index (χ4v) is 2.03. The van der Waals surface area contributed by atoms with E-state index in [1.165, 1.54) is 13.2 Å². The SMILES string of the molecule is CN(c1nc(Cl)ncc1Br)C(CCO)C(F)(F)F. The van der Waals surface area contributed by atoms with Crippen LogP contribution in [0.1, 0.15) is 6.42 Å². The number of hydrogen-bond donors (Lipinski definition) is 1. The summed E-state index contributed by atoms with van der Waals surface area (Å²) >= 11 is 8.62. The Morgan fingerprint density at radius 1 is 1.56 bits per heavy atom. The van der Waals surface area contributed by atoms with Crippen molar-refractivity contribution < 1.29 is 18.3 Å². The molecule has 0 radical (unpaired) electrons. The minimum absolute atomic E-state index is 0.0192. The zero-order valence-corrected chi connectivity index (χ0v) is 11.6. The molecule has 0 aliphatic rings. The van der Waals surface area contributed by atoms with Gasteiger partial charge in [0.1, 0.15) is 11.9 Å². The highest BCUT2D eigenvalue weighted by Crippen LogP contribution is 2.32. The van der Waals surface area contributed by atoms with Crippen LogP contribution in [0.25, 0.3) is 0 Å². The van der Waals surface area contributed by atoms with Gasteiger partial charge in [0.2, 0.25) is 5.28 Å². The zero-order valence-electron chi connectivity index (χ0n) is 9.25. The summed E-state index contributed by atoms with van der Waals surface area (Å²) in [6.07, 6.45) is -3.66. The summed E-state index contributed by atoms with van der Waals surface area (Å²) < 4.78 is 38.8. The van der Waals surface area contributed by atoms with Crippen molar-refractivity contribution in [2.75, 3.05) is 18.6 Å². The van der Waals surface area contributed by atoms with Crippen molar-refractivity contribution in [1.29, 1.82) is 0 Å². The Labute approximate surface area is 115 Å². The molecule has 0 saturated heterocycles. The highest BCUT2D eigenvalue weighted by Gasteiger charge is 2.42. The van der Waals surface area contributed by atoms with Crippen molar-refractivity contribution in [3.8, 4) is 0 Å². The predicted molar refractivity (Wildman–Crippen MR) is 64.7 cm³/mol. The van der Waals surface area contributed by atoms with Crippen molar-refractivity contribution >= 4 is 33.3 Å². The second-order valence-electron chi connectivity index (χ2n) is 3.49. The highest BCUT2D eigenvalue weighted by molar-refractivity contribution is 9.10. The number of aliphatic hydroxyl groups excluding tert-OH is 1. The molecular weight excluding hydrogens is 338 g/mol. The van der Waals surface area contributed by atoms with E-state index in [1.54, 1.807) is 0 Å². The summed E-state index contributed by atoms with van der Waals surface area (Å²) in [4.78, 5) is 8.29. The molecule has 1 rings (SSSR count). The van der Waals surface area contributed by atoms with Gasteiger partial charge in [0.05, 0.1) is 4.47 Å². The van der Waals surface area contributed by atoms with Crippen LogP contribution in [0.2, 0.25) is 5.28 Å². The van der Waals surface area contributed by atoms with Gasteiger partial charge in [-0.25, -0.2) is 4.98 Å². The Bertz CT molecular complexity index is 419. The Morgan fingerprint density at radius 3 is 2.67 bits per heavy atom. The van der Waals surface area contributed by atoms with Gasteiger partial charge in [-0.2, -0.15) is 18.2 Å². The summed E-state index contributed by atoms with van der Waals surface area (Å²) in [5, 5.41) is 8.57. The average molecular weight is 349 g/mol. The number of hydrogen-bond acceptors (Lipinski definition) is 4. The molecule has 1 aromatic heterocycles. The monoisotopic (exact) mass is 347 g/mol. The predicted octanol–water partition coefficient (Wildman–Crippen LogP) is 2.64. The molecule has 0 spiro atoms. The Balaban J connectivity index is 3.09. The molecule has 9 heteroatoms. The number of halogens is 5. The molecular formula is C9H10BrClF3N3O. The van der Waals surface area contributed by atoms with Crippen molar-refractivity contribution in [2.24, 2.45) is 0 Å².